The lowest BCUT2D eigenvalue weighted by Gasteiger charge is -2.04. The summed E-state index contributed by atoms with van der Waals surface area (Å²) < 4.78 is 6.51. The summed E-state index contributed by atoms with van der Waals surface area (Å²) in [5, 5.41) is 21.8. The number of halogens is 1. The molecule has 0 spiro atoms. The highest BCUT2D eigenvalue weighted by molar-refractivity contribution is 9.10. The lowest BCUT2D eigenvalue weighted by molar-refractivity contribution is -0.383. The zero-order valence-electron chi connectivity index (χ0n) is 13.8. The lowest BCUT2D eigenvalue weighted by atomic mass is 10.2. The van der Waals surface area contributed by atoms with Gasteiger partial charge in [0.25, 0.3) is 10.9 Å². The Morgan fingerprint density at radius 1 is 1.19 bits per heavy atom. The van der Waals surface area contributed by atoms with Gasteiger partial charge in [0.15, 0.2) is 0 Å². The van der Waals surface area contributed by atoms with Crippen LogP contribution >= 0.6 is 27.7 Å². The van der Waals surface area contributed by atoms with Crippen molar-refractivity contribution in [2.45, 2.75) is 11.6 Å². The predicted octanol–water partition coefficient (Wildman–Crippen LogP) is 4.53. The largest absolute Gasteiger partial charge is 0.411 e. The molecule has 138 valence electrons. The molecule has 0 saturated heterocycles. The van der Waals surface area contributed by atoms with E-state index >= 15 is 0 Å². The number of nitro benzene ring substituents is 1. The van der Waals surface area contributed by atoms with Crippen molar-refractivity contribution in [1.29, 1.82) is 0 Å². The van der Waals surface area contributed by atoms with Gasteiger partial charge in [0, 0.05) is 28.3 Å². The summed E-state index contributed by atoms with van der Waals surface area (Å²) in [6, 6.07) is 13.5. The fourth-order valence-corrected chi connectivity index (χ4v) is 3.12. The van der Waals surface area contributed by atoms with Crippen LogP contribution in [0.25, 0.3) is 11.5 Å². The number of aromatic nitrogens is 2. The molecule has 1 N–H and O–H groups in total. The van der Waals surface area contributed by atoms with Crippen LogP contribution in [0, 0.1) is 10.1 Å². The number of hydrogen-bond donors (Lipinski definition) is 1. The Bertz CT molecular complexity index is 962. The van der Waals surface area contributed by atoms with E-state index < -0.39 is 4.92 Å². The minimum atomic E-state index is -0.535. The molecule has 1 heterocycles. The summed E-state index contributed by atoms with van der Waals surface area (Å²) in [6.45, 7) is 0. The average Bonchev–Trinajstić information content (AvgIpc) is 3.11. The number of carbonyl (C=O) groups excluding carboxylic acids is 1. The summed E-state index contributed by atoms with van der Waals surface area (Å²) >= 11 is 4.61. The first-order valence-electron chi connectivity index (χ1n) is 7.78. The van der Waals surface area contributed by atoms with Gasteiger partial charge < -0.3 is 9.73 Å². The summed E-state index contributed by atoms with van der Waals surface area (Å²) in [7, 11) is 0. The van der Waals surface area contributed by atoms with E-state index in [9.17, 15) is 14.9 Å². The lowest BCUT2D eigenvalue weighted by Crippen LogP contribution is -2.13. The van der Waals surface area contributed by atoms with Crippen LogP contribution < -0.4 is 5.32 Å². The van der Waals surface area contributed by atoms with E-state index in [1.54, 1.807) is 12.1 Å². The third-order valence-electron chi connectivity index (χ3n) is 3.43. The molecule has 0 atom stereocenters. The van der Waals surface area contributed by atoms with E-state index in [4.69, 9.17) is 4.42 Å². The predicted molar refractivity (Wildman–Crippen MR) is 105 cm³/mol. The van der Waals surface area contributed by atoms with Gasteiger partial charge in [-0.05, 0) is 30.3 Å². The number of hydrogen-bond acceptors (Lipinski definition) is 7. The minimum Gasteiger partial charge on any atom is -0.411 e. The molecule has 0 saturated carbocycles. The first-order chi connectivity index (χ1) is 13.0. The van der Waals surface area contributed by atoms with Crippen molar-refractivity contribution in [1.82, 2.24) is 10.2 Å². The molecule has 1 aromatic heterocycles. The minimum absolute atomic E-state index is 0.144. The fourth-order valence-electron chi connectivity index (χ4n) is 2.16. The number of para-hydroxylation sites is 2. The van der Waals surface area contributed by atoms with E-state index in [-0.39, 0.29) is 23.7 Å². The number of rotatable bonds is 7. The van der Waals surface area contributed by atoms with Gasteiger partial charge in [-0.25, -0.2) is 0 Å². The third-order valence-corrected chi connectivity index (χ3v) is 4.78. The van der Waals surface area contributed by atoms with Crippen molar-refractivity contribution in [2.24, 2.45) is 0 Å². The number of benzene rings is 2. The van der Waals surface area contributed by atoms with Gasteiger partial charge in [-0.2, -0.15) is 0 Å². The zero-order valence-corrected chi connectivity index (χ0v) is 16.2. The topological polar surface area (TPSA) is 111 Å². The molecule has 10 heteroatoms. The Morgan fingerprint density at radius 3 is 2.67 bits per heavy atom. The van der Waals surface area contributed by atoms with Crippen molar-refractivity contribution >= 4 is 45.0 Å². The summed E-state index contributed by atoms with van der Waals surface area (Å²) in [6.07, 6.45) is 0.146. The van der Waals surface area contributed by atoms with E-state index in [0.717, 1.165) is 10.0 Å². The zero-order chi connectivity index (χ0) is 19.2. The van der Waals surface area contributed by atoms with Gasteiger partial charge in [-0.3, -0.25) is 14.9 Å². The van der Waals surface area contributed by atoms with Gasteiger partial charge >= 0.3 is 0 Å². The van der Waals surface area contributed by atoms with Crippen LogP contribution in [-0.2, 0) is 4.79 Å². The summed E-state index contributed by atoms with van der Waals surface area (Å²) in [5.41, 5.74) is 0.828. The molecule has 0 fully saturated rings. The van der Waals surface area contributed by atoms with Crippen LogP contribution in [0.5, 0.6) is 0 Å². The number of carbonyl (C=O) groups is 1. The molecule has 27 heavy (non-hydrogen) atoms. The Balaban J connectivity index is 1.52. The van der Waals surface area contributed by atoms with Gasteiger partial charge in [0.05, 0.1) is 4.92 Å². The van der Waals surface area contributed by atoms with Crippen LogP contribution in [0.3, 0.4) is 0 Å². The molecule has 0 aliphatic heterocycles. The quantitative estimate of drug-likeness (QED) is 0.321. The van der Waals surface area contributed by atoms with Crippen molar-refractivity contribution in [3.63, 3.8) is 0 Å². The number of nitro groups is 1. The molecule has 2 aromatic carbocycles. The Labute approximate surface area is 166 Å². The highest BCUT2D eigenvalue weighted by Gasteiger charge is 2.15. The highest BCUT2D eigenvalue weighted by Crippen LogP contribution is 2.26. The smallest absolute Gasteiger partial charge is 0.292 e. The van der Waals surface area contributed by atoms with Crippen molar-refractivity contribution in [2.75, 3.05) is 11.1 Å². The van der Waals surface area contributed by atoms with Crippen LogP contribution in [0.4, 0.5) is 11.4 Å². The van der Waals surface area contributed by atoms with Crippen molar-refractivity contribution in [3.8, 4) is 11.5 Å². The summed E-state index contributed by atoms with van der Waals surface area (Å²) in [5.74, 6) is 0.466. The Kier molecular flexibility index (Phi) is 6.20. The molecular weight excluding hydrogens is 436 g/mol. The average molecular weight is 449 g/mol. The number of thioether (sulfide) groups is 1. The molecule has 8 nitrogen and oxygen atoms in total. The van der Waals surface area contributed by atoms with E-state index in [1.165, 1.54) is 23.9 Å². The number of amides is 1. The maximum absolute atomic E-state index is 12.0. The fraction of sp³-hybridized carbons (Fsp3) is 0.118. The second-order valence-corrected chi connectivity index (χ2v) is 7.26. The molecule has 0 aliphatic carbocycles. The number of anilines is 1. The monoisotopic (exact) mass is 448 g/mol. The van der Waals surface area contributed by atoms with Crippen molar-refractivity contribution in [3.05, 3.63) is 63.1 Å². The maximum Gasteiger partial charge on any atom is 0.292 e. The molecule has 3 rings (SSSR count). The van der Waals surface area contributed by atoms with Gasteiger partial charge in [-0.15, -0.1) is 10.2 Å². The normalized spacial score (nSPS) is 10.6. The highest BCUT2D eigenvalue weighted by atomic mass is 79.9. The van der Waals surface area contributed by atoms with Crippen LogP contribution in [0.1, 0.15) is 6.42 Å². The van der Waals surface area contributed by atoms with E-state index in [1.807, 2.05) is 24.3 Å². The molecule has 0 unspecified atom stereocenters. The van der Waals surface area contributed by atoms with Crippen LogP contribution in [-0.4, -0.2) is 26.8 Å². The second kappa shape index (κ2) is 8.78. The SMILES string of the molecule is O=C(CCSc1nnc(-c2ccc(Br)cc2)o1)Nc1ccccc1[N+](=O)[O-]. The molecule has 1 amide bonds. The van der Waals surface area contributed by atoms with E-state index in [0.29, 0.717) is 16.9 Å². The van der Waals surface area contributed by atoms with Gasteiger partial charge in [-0.1, -0.05) is 39.8 Å². The maximum atomic E-state index is 12.0. The van der Waals surface area contributed by atoms with E-state index in [2.05, 4.69) is 31.4 Å². The standard InChI is InChI=1S/C17H13BrN4O4S/c18-12-7-5-11(6-8-12)16-20-21-17(26-16)27-10-9-15(23)19-13-3-1-2-4-14(13)22(24)25/h1-8H,9-10H2,(H,19,23). The summed E-state index contributed by atoms with van der Waals surface area (Å²) in [4.78, 5) is 22.4. The first kappa shape index (κ1) is 19.1. The Morgan fingerprint density at radius 2 is 1.93 bits per heavy atom. The number of nitrogens with zero attached hydrogens (tertiary/aromatic N) is 3. The number of nitrogens with one attached hydrogen (secondary N) is 1. The van der Waals surface area contributed by atoms with Crippen LogP contribution in [0.2, 0.25) is 0 Å². The van der Waals surface area contributed by atoms with Crippen LogP contribution in [0.15, 0.2) is 62.6 Å². The molecular formula is C17H13BrN4O4S. The second-order valence-electron chi connectivity index (χ2n) is 5.30. The van der Waals surface area contributed by atoms with Crippen molar-refractivity contribution < 1.29 is 14.1 Å². The molecule has 0 aliphatic rings. The first-order valence-corrected chi connectivity index (χ1v) is 9.56. The molecule has 0 bridgehead atoms. The Hall–Kier alpha value is -2.72. The third kappa shape index (κ3) is 5.14. The molecule has 0 radical (unpaired) electrons. The molecule has 3 aromatic rings. The van der Waals surface area contributed by atoms with Gasteiger partial charge in [0.2, 0.25) is 11.8 Å². The van der Waals surface area contributed by atoms with Gasteiger partial charge in [0.1, 0.15) is 5.69 Å².